The van der Waals surface area contributed by atoms with Gasteiger partial charge in [0.1, 0.15) is 11.4 Å². The van der Waals surface area contributed by atoms with Crippen LogP contribution in [0.25, 0.3) is 0 Å². The molecule has 1 atom stereocenters. The Labute approximate surface area is 176 Å². The van der Waals surface area contributed by atoms with E-state index in [1.165, 1.54) is 18.2 Å². The largest absolute Gasteiger partial charge is 0.444 e. The average Bonchev–Trinajstić information content (AvgIpc) is 2.66. The maximum absolute atomic E-state index is 13.8. The summed E-state index contributed by atoms with van der Waals surface area (Å²) in [7, 11) is 0. The molecule has 8 heteroatoms. The Kier molecular flexibility index (Phi) is 8.17. The number of carbonyl (C=O) groups is 2. The first-order valence-electron chi connectivity index (χ1n) is 9.69. The van der Waals surface area contributed by atoms with E-state index >= 15 is 0 Å². The SMILES string of the molecule is CCOC(CNC(=O)OC(C)(C)C)C(=O)Nc1ccc(F)cc1Nc1ccccc1. The van der Waals surface area contributed by atoms with Gasteiger partial charge < -0.3 is 25.4 Å². The van der Waals surface area contributed by atoms with Gasteiger partial charge in [0, 0.05) is 12.3 Å². The fourth-order valence-corrected chi connectivity index (χ4v) is 2.54. The Balaban J connectivity index is 2.08. The van der Waals surface area contributed by atoms with Gasteiger partial charge in [-0.25, -0.2) is 9.18 Å². The Morgan fingerprint density at radius 1 is 1.07 bits per heavy atom. The van der Waals surface area contributed by atoms with Gasteiger partial charge in [0.25, 0.3) is 5.91 Å². The Bertz CT molecular complexity index is 853. The molecule has 0 spiro atoms. The number of para-hydroxylation sites is 1. The Morgan fingerprint density at radius 3 is 2.40 bits per heavy atom. The summed E-state index contributed by atoms with van der Waals surface area (Å²) in [5.41, 5.74) is 0.864. The minimum atomic E-state index is -0.947. The van der Waals surface area contributed by atoms with Crippen molar-refractivity contribution in [1.29, 1.82) is 0 Å². The van der Waals surface area contributed by atoms with Crippen LogP contribution in [-0.2, 0) is 14.3 Å². The highest BCUT2D eigenvalue weighted by Gasteiger charge is 2.23. The van der Waals surface area contributed by atoms with Crippen molar-refractivity contribution in [3.8, 4) is 0 Å². The van der Waals surface area contributed by atoms with Gasteiger partial charge in [-0.1, -0.05) is 18.2 Å². The topological polar surface area (TPSA) is 88.7 Å². The van der Waals surface area contributed by atoms with Crippen LogP contribution < -0.4 is 16.0 Å². The lowest BCUT2D eigenvalue weighted by Crippen LogP contribution is -2.43. The van der Waals surface area contributed by atoms with Crippen LogP contribution in [0.4, 0.5) is 26.2 Å². The number of alkyl carbamates (subject to hydrolysis) is 1. The third-order valence-electron chi connectivity index (χ3n) is 3.78. The average molecular weight is 417 g/mol. The van der Waals surface area contributed by atoms with E-state index in [0.717, 1.165) is 5.69 Å². The molecule has 7 nitrogen and oxygen atoms in total. The van der Waals surface area contributed by atoms with E-state index in [1.54, 1.807) is 27.7 Å². The molecule has 0 aromatic heterocycles. The van der Waals surface area contributed by atoms with Crippen LogP contribution in [0.1, 0.15) is 27.7 Å². The van der Waals surface area contributed by atoms with Crippen LogP contribution in [-0.4, -0.2) is 36.9 Å². The lowest BCUT2D eigenvalue weighted by molar-refractivity contribution is -0.126. The second kappa shape index (κ2) is 10.6. The van der Waals surface area contributed by atoms with Crippen LogP contribution in [0.2, 0.25) is 0 Å². The standard InChI is InChI=1S/C22H28FN3O4/c1-5-29-19(14-24-21(28)30-22(2,3)4)20(27)26-17-12-11-15(23)13-18(17)25-16-9-7-6-8-10-16/h6-13,19,25H,5,14H2,1-4H3,(H,24,28)(H,26,27). The molecule has 2 aromatic rings. The fraction of sp³-hybridized carbons (Fsp3) is 0.364. The normalized spacial score (nSPS) is 12.0. The van der Waals surface area contributed by atoms with Crippen molar-refractivity contribution in [2.75, 3.05) is 23.8 Å². The molecule has 0 fully saturated rings. The number of nitrogens with one attached hydrogen (secondary N) is 3. The number of anilines is 3. The first-order chi connectivity index (χ1) is 14.2. The number of amides is 2. The van der Waals surface area contributed by atoms with E-state index in [-0.39, 0.29) is 13.2 Å². The molecular weight excluding hydrogens is 389 g/mol. The van der Waals surface area contributed by atoms with Crippen molar-refractivity contribution in [2.45, 2.75) is 39.4 Å². The van der Waals surface area contributed by atoms with Gasteiger partial charge in [0.2, 0.25) is 0 Å². The number of ether oxygens (including phenoxy) is 2. The van der Waals surface area contributed by atoms with Crippen molar-refractivity contribution >= 4 is 29.1 Å². The predicted octanol–water partition coefficient (Wildman–Crippen LogP) is 4.44. The number of hydrogen-bond acceptors (Lipinski definition) is 5. The molecule has 0 saturated heterocycles. The fourth-order valence-electron chi connectivity index (χ4n) is 2.54. The van der Waals surface area contributed by atoms with Crippen molar-refractivity contribution in [2.24, 2.45) is 0 Å². The summed E-state index contributed by atoms with van der Waals surface area (Å²) < 4.78 is 24.4. The van der Waals surface area contributed by atoms with Gasteiger partial charge >= 0.3 is 6.09 Å². The zero-order valence-corrected chi connectivity index (χ0v) is 17.6. The van der Waals surface area contributed by atoms with E-state index in [9.17, 15) is 14.0 Å². The van der Waals surface area contributed by atoms with Gasteiger partial charge in [-0.05, 0) is 58.0 Å². The van der Waals surface area contributed by atoms with Crippen molar-refractivity contribution in [3.63, 3.8) is 0 Å². The van der Waals surface area contributed by atoms with Crippen LogP contribution in [0.3, 0.4) is 0 Å². The van der Waals surface area contributed by atoms with Gasteiger partial charge in [-0.3, -0.25) is 4.79 Å². The number of rotatable bonds is 8. The van der Waals surface area contributed by atoms with Crippen LogP contribution in [0.5, 0.6) is 0 Å². The van der Waals surface area contributed by atoms with E-state index < -0.39 is 29.5 Å². The molecule has 0 saturated carbocycles. The summed E-state index contributed by atoms with van der Waals surface area (Å²) in [6.07, 6.45) is -1.59. The summed E-state index contributed by atoms with van der Waals surface area (Å²) in [5, 5.41) is 8.34. The quantitative estimate of drug-likeness (QED) is 0.591. The molecule has 30 heavy (non-hydrogen) atoms. The number of halogens is 1. The van der Waals surface area contributed by atoms with E-state index in [0.29, 0.717) is 11.4 Å². The lowest BCUT2D eigenvalue weighted by atomic mass is 10.2. The molecule has 0 aliphatic carbocycles. The van der Waals surface area contributed by atoms with E-state index in [1.807, 2.05) is 30.3 Å². The Morgan fingerprint density at radius 2 is 1.77 bits per heavy atom. The number of benzene rings is 2. The zero-order chi connectivity index (χ0) is 22.1. The van der Waals surface area contributed by atoms with E-state index in [2.05, 4.69) is 16.0 Å². The molecule has 0 aliphatic heterocycles. The molecule has 2 amide bonds. The molecule has 1 unspecified atom stereocenters. The second-order valence-corrected chi connectivity index (χ2v) is 7.50. The summed E-state index contributed by atoms with van der Waals surface area (Å²) >= 11 is 0. The summed E-state index contributed by atoms with van der Waals surface area (Å²) in [5.74, 6) is -0.921. The zero-order valence-electron chi connectivity index (χ0n) is 17.6. The monoisotopic (exact) mass is 417 g/mol. The summed E-state index contributed by atoms with van der Waals surface area (Å²) in [4.78, 5) is 24.6. The molecule has 0 heterocycles. The van der Waals surface area contributed by atoms with Gasteiger partial charge in [-0.2, -0.15) is 0 Å². The third-order valence-corrected chi connectivity index (χ3v) is 3.78. The molecule has 2 rings (SSSR count). The van der Waals surface area contributed by atoms with Crippen LogP contribution in [0, 0.1) is 5.82 Å². The van der Waals surface area contributed by atoms with Crippen molar-refractivity contribution < 1.29 is 23.5 Å². The minimum Gasteiger partial charge on any atom is -0.444 e. The van der Waals surface area contributed by atoms with Gasteiger partial charge in [-0.15, -0.1) is 0 Å². The highest BCUT2D eigenvalue weighted by molar-refractivity contribution is 5.98. The third kappa shape index (κ3) is 7.71. The lowest BCUT2D eigenvalue weighted by Gasteiger charge is -2.22. The van der Waals surface area contributed by atoms with Crippen molar-refractivity contribution in [1.82, 2.24) is 5.32 Å². The van der Waals surface area contributed by atoms with Crippen LogP contribution >= 0.6 is 0 Å². The number of carbonyl (C=O) groups excluding carboxylic acids is 2. The molecule has 0 radical (unpaired) electrons. The predicted molar refractivity (Wildman–Crippen MR) is 114 cm³/mol. The molecule has 0 aliphatic rings. The molecule has 162 valence electrons. The minimum absolute atomic E-state index is 0.0722. The van der Waals surface area contributed by atoms with Crippen LogP contribution in [0.15, 0.2) is 48.5 Å². The second-order valence-electron chi connectivity index (χ2n) is 7.50. The van der Waals surface area contributed by atoms with Gasteiger partial charge in [0.15, 0.2) is 6.10 Å². The maximum Gasteiger partial charge on any atom is 0.407 e. The first kappa shape index (κ1) is 23.2. The van der Waals surface area contributed by atoms with Crippen molar-refractivity contribution in [3.05, 3.63) is 54.3 Å². The number of hydrogen-bond donors (Lipinski definition) is 3. The van der Waals surface area contributed by atoms with E-state index in [4.69, 9.17) is 9.47 Å². The summed E-state index contributed by atoms with van der Waals surface area (Å²) in [6.45, 7) is 7.18. The highest BCUT2D eigenvalue weighted by atomic mass is 19.1. The maximum atomic E-state index is 13.8. The highest BCUT2D eigenvalue weighted by Crippen LogP contribution is 2.26. The smallest absolute Gasteiger partial charge is 0.407 e. The summed E-state index contributed by atoms with van der Waals surface area (Å²) in [6, 6.07) is 13.2. The molecule has 2 aromatic carbocycles. The van der Waals surface area contributed by atoms with Gasteiger partial charge in [0.05, 0.1) is 17.9 Å². The molecule has 0 bridgehead atoms. The molecular formula is C22H28FN3O4. The first-order valence-corrected chi connectivity index (χ1v) is 9.69. The molecule has 3 N–H and O–H groups in total. The Hall–Kier alpha value is -3.13.